The highest BCUT2D eigenvalue weighted by molar-refractivity contribution is 5.32. The topological polar surface area (TPSA) is 20.2 Å². The molecule has 1 aromatic rings. The van der Waals surface area contributed by atoms with Crippen molar-refractivity contribution in [1.29, 1.82) is 0 Å². The fourth-order valence-electron chi connectivity index (χ4n) is 2.06. The second-order valence-corrected chi connectivity index (χ2v) is 3.98. The number of aliphatic hydroxyl groups is 1. The SMILES string of the molecule is CCC1CC1(O)c1c(F)cc(F)cc1F. The van der Waals surface area contributed by atoms with Gasteiger partial charge in [0, 0.05) is 12.1 Å². The Morgan fingerprint density at radius 1 is 1.33 bits per heavy atom. The summed E-state index contributed by atoms with van der Waals surface area (Å²) < 4.78 is 39.3. The van der Waals surface area contributed by atoms with Crippen molar-refractivity contribution in [2.24, 2.45) is 5.92 Å². The molecule has 0 amide bonds. The lowest BCUT2D eigenvalue weighted by molar-refractivity contribution is 0.121. The molecule has 0 bridgehead atoms. The van der Waals surface area contributed by atoms with Crippen LogP contribution in [-0.4, -0.2) is 5.11 Å². The average Bonchev–Trinajstić information content (AvgIpc) is 2.75. The van der Waals surface area contributed by atoms with Gasteiger partial charge in [-0.05, 0) is 12.3 Å². The van der Waals surface area contributed by atoms with Crippen molar-refractivity contribution in [3.63, 3.8) is 0 Å². The fourth-order valence-corrected chi connectivity index (χ4v) is 2.06. The quantitative estimate of drug-likeness (QED) is 0.805. The molecule has 0 saturated heterocycles. The Balaban J connectivity index is 2.46. The van der Waals surface area contributed by atoms with Crippen molar-refractivity contribution >= 4 is 0 Å². The predicted octanol–water partition coefficient (Wildman–Crippen LogP) is 2.72. The number of hydrogen-bond acceptors (Lipinski definition) is 1. The van der Waals surface area contributed by atoms with Crippen LogP contribution in [0.15, 0.2) is 12.1 Å². The molecule has 1 aromatic carbocycles. The molecule has 0 aromatic heterocycles. The minimum atomic E-state index is -1.43. The third-order valence-electron chi connectivity index (χ3n) is 3.01. The molecule has 1 aliphatic carbocycles. The van der Waals surface area contributed by atoms with Gasteiger partial charge in [0.1, 0.15) is 17.5 Å². The Kier molecular flexibility index (Phi) is 2.26. The number of halogens is 3. The van der Waals surface area contributed by atoms with Gasteiger partial charge in [0.05, 0.1) is 11.2 Å². The van der Waals surface area contributed by atoms with E-state index in [2.05, 4.69) is 0 Å². The van der Waals surface area contributed by atoms with E-state index in [0.717, 1.165) is 0 Å². The first-order chi connectivity index (χ1) is 6.99. The Bertz CT molecular complexity index is 382. The maximum Gasteiger partial charge on any atom is 0.135 e. The second-order valence-electron chi connectivity index (χ2n) is 3.98. The highest BCUT2D eigenvalue weighted by Gasteiger charge is 2.55. The molecule has 82 valence electrons. The first-order valence-electron chi connectivity index (χ1n) is 4.86. The lowest BCUT2D eigenvalue weighted by Gasteiger charge is -2.12. The molecule has 2 unspecified atom stereocenters. The van der Waals surface area contributed by atoms with Crippen molar-refractivity contribution in [2.75, 3.05) is 0 Å². The van der Waals surface area contributed by atoms with E-state index in [-0.39, 0.29) is 5.92 Å². The first-order valence-corrected chi connectivity index (χ1v) is 4.86. The molecule has 0 heterocycles. The van der Waals surface area contributed by atoms with Crippen LogP contribution in [0, 0.1) is 23.4 Å². The van der Waals surface area contributed by atoms with E-state index in [1.807, 2.05) is 6.92 Å². The van der Waals surface area contributed by atoms with Crippen molar-refractivity contribution in [2.45, 2.75) is 25.4 Å². The van der Waals surface area contributed by atoms with E-state index in [4.69, 9.17) is 0 Å². The van der Waals surface area contributed by atoms with Crippen molar-refractivity contribution < 1.29 is 18.3 Å². The molecule has 1 N–H and O–H groups in total. The van der Waals surface area contributed by atoms with Gasteiger partial charge in [-0.3, -0.25) is 0 Å². The van der Waals surface area contributed by atoms with Gasteiger partial charge in [0.25, 0.3) is 0 Å². The molecular formula is C11H11F3O. The van der Waals surface area contributed by atoms with Crippen LogP contribution in [0.3, 0.4) is 0 Å². The van der Waals surface area contributed by atoms with E-state index >= 15 is 0 Å². The summed E-state index contributed by atoms with van der Waals surface area (Å²) in [6.07, 6.45) is 0.982. The van der Waals surface area contributed by atoms with Gasteiger partial charge >= 0.3 is 0 Å². The molecule has 1 saturated carbocycles. The predicted molar refractivity (Wildman–Crippen MR) is 48.6 cm³/mol. The molecular weight excluding hydrogens is 205 g/mol. The Morgan fingerprint density at radius 3 is 2.27 bits per heavy atom. The van der Waals surface area contributed by atoms with E-state index in [1.165, 1.54) is 0 Å². The zero-order chi connectivity index (χ0) is 11.2. The van der Waals surface area contributed by atoms with Crippen LogP contribution in [0.25, 0.3) is 0 Å². The molecule has 1 aliphatic rings. The molecule has 4 heteroatoms. The van der Waals surface area contributed by atoms with Gasteiger partial charge in [-0.2, -0.15) is 0 Å². The van der Waals surface area contributed by atoms with Crippen LogP contribution in [0.5, 0.6) is 0 Å². The van der Waals surface area contributed by atoms with E-state index in [1.54, 1.807) is 0 Å². The highest BCUT2D eigenvalue weighted by atomic mass is 19.1. The van der Waals surface area contributed by atoms with Crippen molar-refractivity contribution in [3.05, 3.63) is 35.1 Å². The largest absolute Gasteiger partial charge is 0.385 e. The van der Waals surface area contributed by atoms with Gasteiger partial charge < -0.3 is 5.11 Å². The molecule has 1 fully saturated rings. The van der Waals surface area contributed by atoms with Crippen LogP contribution in [0.1, 0.15) is 25.3 Å². The summed E-state index contributed by atoms with van der Waals surface area (Å²) in [6, 6.07) is 1.20. The summed E-state index contributed by atoms with van der Waals surface area (Å²) in [5.41, 5.74) is -1.83. The molecule has 2 rings (SSSR count). The molecule has 1 nitrogen and oxygen atoms in total. The summed E-state index contributed by atoms with van der Waals surface area (Å²) in [7, 11) is 0. The Morgan fingerprint density at radius 2 is 1.87 bits per heavy atom. The summed E-state index contributed by atoms with van der Waals surface area (Å²) in [4.78, 5) is 0. The second kappa shape index (κ2) is 3.23. The maximum absolute atomic E-state index is 13.3. The molecule has 15 heavy (non-hydrogen) atoms. The zero-order valence-electron chi connectivity index (χ0n) is 8.23. The van der Waals surface area contributed by atoms with Crippen LogP contribution in [0.4, 0.5) is 13.2 Å². The van der Waals surface area contributed by atoms with Crippen molar-refractivity contribution in [3.8, 4) is 0 Å². The monoisotopic (exact) mass is 216 g/mol. The smallest absolute Gasteiger partial charge is 0.135 e. The summed E-state index contributed by atoms with van der Waals surface area (Å²) in [5.74, 6) is -3.12. The molecule has 2 atom stereocenters. The zero-order valence-corrected chi connectivity index (χ0v) is 8.23. The number of benzene rings is 1. The molecule has 0 aliphatic heterocycles. The van der Waals surface area contributed by atoms with Crippen LogP contribution in [-0.2, 0) is 5.60 Å². The summed E-state index contributed by atoms with van der Waals surface area (Å²) >= 11 is 0. The van der Waals surface area contributed by atoms with Gasteiger partial charge in [-0.1, -0.05) is 13.3 Å². The van der Waals surface area contributed by atoms with E-state index in [9.17, 15) is 18.3 Å². The van der Waals surface area contributed by atoms with E-state index in [0.29, 0.717) is 25.0 Å². The number of hydrogen-bond donors (Lipinski definition) is 1. The van der Waals surface area contributed by atoms with E-state index < -0.39 is 28.6 Å². The highest BCUT2D eigenvalue weighted by Crippen LogP contribution is 2.54. The Labute approximate surface area is 85.5 Å². The van der Waals surface area contributed by atoms with Crippen LogP contribution < -0.4 is 0 Å². The van der Waals surface area contributed by atoms with Gasteiger partial charge in [-0.25, -0.2) is 13.2 Å². The minimum Gasteiger partial charge on any atom is -0.385 e. The molecule has 0 spiro atoms. The fraction of sp³-hybridized carbons (Fsp3) is 0.455. The number of rotatable bonds is 2. The van der Waals surface area contributed by atoms with Gasteiger partial charge in [0.2, 0.25) is 0 Å². The lowest BCUT2D eigenvalue weighted by atomic mass is 10.0. The summed E-state index contributed by atoms with van der Waals surface area (Å²) in [5, 5.41) is 9.91. The van der Waals surface area contributed by atoms with Crippen molar-refractivity contribution in [1.82, 2.24) is 0 Å². The third kappa shape index (κ3) is 1.53. The average molecular weight is 216 g/mol. The van der Waals surface area contributed by atoms with Crippen LogP contribution in [0.2, 0.25) is 0 Å². The molecule has 0 radical (unpaired) electrons. The lowest BCUT2D eigenvalue weighted by Crippen LogP contribution is -2.14. The van der Waals surface area contributed by atoms with Gasteiger partial charge in [-0.15, -0.1) is 0 Å². The standard InChI is InChI=1S/C11H11F3O/c1-2-6-5-11(6,15)10-8(13)3-7(12)4-9(10)14/h3-4,6,15H,2,5H2,1H3. The Hall–Kier alpha value is -1.03. The first kappa shape index (κ1) is 10.5. The maximum atomic E-state index is 13.3. The third-order valence-corrected chi connectivity index (χ3v) is 3.01. The minimum absolute atomic E-state index is 0.132. The van der Waals surface area contributed by atoms with Gasteiger partial charge in [0.15, 0.2) is 0 Å². The summed E-state index contributed by atoms with van der Waals surface area (Å²) in [6.45, 7) is 1.84. The normalized spacial score (nSPS) is 29.3. The van der Waals surface area contributed by atoms with Crippen LogP contribution >= 0.6 is 0 Å².